The zero-order chi connectivity index (χ0) is 11.3. The Bertz CT molecular complexity index is 353. The van der Waals surface area contributed by atoms with E-state index < -0.39 is 5.03 Å². The fraction of sp³-hybridized carbons (Fsp3) is 0.222. The summed E-state index contributed by atoms with van der Waals surface area (Å²) in [4.78, 5) is 22.8. The van der Waals surface area contributed by atoms with Crippen LogP contribution in [0.25, 0.3) is 0 Å². The van der Waals surface area contributed by atoms with Crippen molar-refractivity contribution in [1.29, 1.82) is 0 Å². The molecule has 0 saturated heterocycles. The second kappa shape index (κ2) is 4.94. The van der Waals surface area contributed by atoms with E-state index in [1.165, 1.54) is 4.90 Å². The average molecular weight is 209 g/mol. The van der Waals surface area contributed by atoms with E-state index in [9.17, 15) is 14.9 Å². The smallest absolute Gasteiger partial charge is 0.251 e. The number of anilines is 1. The molecule has 1 amide bonds. The molecule has 0 aliphatic rings. The lowest BCUT2D eigenvalue weighted by Crippen LogP contribution is -2.37. The number of carbonyl (C=O) groups is 1. The van der Waals surface area contributed by atoms with E-state index in [-0.39, 0.29) is 12.5 Å². The molecular formula is C9H11N3O3. The van der Waals surface area contributed by atoms with Gasteiger partial charge in [0, 0.05) is 12.7 Å². The van der Waals surface area contributed by atoms with Gasteiger partial charge < -0.3 is 4.90 Å². The molecule has 15 heavy (non-hydrogen) atoms. The zero-order valence-corrected chi connectivity index (χ0v) is 8.21. The van der Waals surface area contributed by atoms with Crippen LogP contribution in [-0.4, -0.2) is 24.5 Å². The van der Waals surface area contributed by atoms with Gasteiger partial charge in [0.25, 0.3) is 5.91 Å². The Hall–Kier alpha value is -2.11. The number of hydrazine groups is 1. The van der Waals surface area contributed by atoms with Crippen molar-refractivity contribution in [3.05, 3.63) is 40.4 Å². The summed E-state index contributed by atoms with van der Waals surface area (Å²) in [5, 5.41) is 9.25. The summed E-state index contributed by atoms with van der Waals surface area (Å²) in [6.07, 6.45) is 0. The first kappa shape index (κ1) is 11.0. The Kier molecular flexibility index (Phi) is 3.61. The SMILES string of the molecule is CN(C(=O)CN[N+](=O)[O-])c1ccccc1. The summed E-state index contributed by atoms with van der Waals surface area (Å²) in [5.41, 5.74) is 2.53. The number of hydrogen-bond acceptors (Lipinski definition) is 3. The van der Waals surface area contributed by atoms with Crippen LogP contribution in [0.15, 0.2) is 30.3 Å². The van der Waals surface area contributed by atoms with E-state index in [4.69, 9.17) is 0 Å². The number of likely N-dealkylation sites (N-methyl/N-ethyl adjacent to an activating group) is 1. The molecule has 0 unspecified atom stereocenters. The van der Waals surface area contributed by atoms with Crippen LogP contribution in [-0.2, 0) is 4.79 Å². The summed E-state index contributed by atoms with van der Waals surface area (Å²) in [6, 6.07) is 8.92. The summed E-state index contributed by atoms with van der Waals surface area (Å²) in [5.74, 6) is -0.363. The highest BCUT2D eigenvalue weighted by Gasteiger charge is 2.11. The van der Waals surface area contributed by atoms with Crippen molar-refractivity contribution in [2.24, 2.45) is 0 Å². The number of nitrogens with zero attached hydrogens (tertiary/aromatic N) is 2. The maximum Gasteiger partial charge on any atom is 0.251 e. The van der Waals surface area contributed by atoms with Gasteiger partial charge in [0.05, 0.1) is 0 Å². The van der Waals surface area contributed by atoms with Crippen molar-refractivity contribution in [2.75, 3.05) is 18.5 Å². The molecule has 0 heterocycles. The number of nitro groups is 1. The number of hydrogen-bond donors (Lipinski definition) is 1. The van der Waals surface area contributed by atoms with Gasteiger partial charge in [-0.3, -0.25) is 4.79 Å². The second-order valence-electron chi connectivity index (χ2n) is 2.88. The minimum absolute atomic E-state index is 0.321. The van der Waals surface area contributed by atoms with Crippen molar-refractivity contribution in [3.63, 3.8) is 0 Å². The minimum Gasteiger partial charge on any atom is -0.314 e. The lowest BCUT2D eigenvalue weighted by molar-refractivity contribution is -0.542. The first-order chi connectivity index (χ1) is 7.11. The van der Waals surface area contributed by atoms with Crippen LogP contribution in [0.5, 0.6) is 0 Å². The zero-order valence-electron chi connectivity index (χ0n) is 8.21. The summed E-state index contributed by atoms with van der Waals surface area (Å²) in [7, 11) is 1.57. The lowest BCUT2D eigenvalue weighted by atomic mass is 10.3. The molecule has 1 aromatic rings. The summed E-state index contributed by atoms with van der Waals surface area (Å²) < 4.78 is 0. The quantitative estimate of drug-likeness (QED) is 0.576. The molecule has 80 valence electrons. The molecule has 6 nitrogen and oxygen atoms in total. The molecule has 0 aliphatic heterocycles. The molecule has 0 aromatic heterocycles. The molecule has 0 aliphatic carbocycles. The number of carbonyl (C=O) groups excluding carboxylic acids is 1. The first-order valence-corrected chi connectivity index (χ1v) is 4.31. The van der Waals surface area contributed by atoms with Crippen molar-refractivity contribution in [2.45, 2.75) is 0 Å². The fourth-order valence-electron chi connectivity index (χ4n) is 1.05. The molecule has 0 spiro atoms. The fourth-order valence-corrected chi connectivity index (χ4v) is 1.05. The standard InChI is InChI=1S/C9H11N3O3/c1-11(8-5-3-2-4-6-8)9(13)7-10-12(14)15/h2-6,10H,7H2,1H3. The van der Waals surface area contributed by atoms with Gasteiger partial charge in [0.15, 0.2) is 11.6 Å². The third kappa shape index (κ3) is 3.26. The van der Waals surface area contributed by atoms with E-state index in [1.807, 2.05) is 11.5 Å². The topological polar surface area (TPSA) is 75.5 Å². The Morgan fingerprint density at radius 2 is 2.07 bits per heavy atom. The molecule has 0 radical (unpaired) electrons. The first-order valence-electron chi connectivity index (χ1n) is 4.31. The largest absolute Gasteiger partial charge is 0.314 e. The van der Waals surface area contributed by atoms with Crippen LogP contribution in [0.2, 0.25) is 0 Å². The maximum atomic E-state index is 11.4. The number of nitrogens with one attached hydrogen (secondary N) is 1. The van der Waals surface area contributed by atoms with Gasteiger partial charge in [0.2, 0.25) is 0 Å². The highest BCUT2D eigenvalue weighted by Crippen LogP contribution is 2.10. The van der Waals surface area contributed by atoms with E-state index in [0.29, 0.717) is 5.69 Å². The van der Waals surface area contributed by atoms with E-state index >= 15 is 0 Å². The van der Waals surface area contributed by atoms with Crippen molar-refractivity contribution >= 4 is 11.6 Å². The van der Waals surface area contributed by atoms with Gasteiger partial charge >= 0.3 is 0 Å². The molecule has 0 bridgehead atoms. The van der Waals surface area contributed by atoms with E-state index in [0.717, 1.165) is 0 Å². The molecule has 1 aromatic carbocycles. The molecule has 0 fully saturated rings. The van der Waals surface area contributed by atoms with Crippen molar-refractivity contribution < 1.29 is 9.83 Å². The summed E-state index contributed by atoms with van der Waals surface area (Å²) in [6.45, 7) is -0.321. The Morgan fingerprint density at radius 1 is 1.47 bits per heavy atom. The van der Waals surface area contributed by atoms with Gasteiger partial charge in [0.1, 0.15) is 0 Å². The monoisotopic (exact) mass is 209 g/mol. The molecule has 6 heteroatoms. The van der Waals surface area contributed by atoms with Gasteiger partial charge in [-0.1, -0.05) is 18.2 Å². The number of para-hydroxylation sites is 1. The third-order valence-corrected chi connectivity index (χ3v) is 1.88. The van der Waals surface area contributed by atoms with Gasteiger partial charge in [-0.25, -0.2) is 10.1 Å². The summed E-state index contributed by atoms with van der Waals surface area (Å²) >= 11 is 0. The van der Waals surface area contributed by atoms with E-state index in [2.05, 4.69) is 0 Å². The van der Waals surface area contributed by atoms with Crippen LogP contribution >= 0.6 is 0 Å². The molecule has 0 atom stereocenters. The van der Waals surface area contributed by atoms with Gasteiger partial charge in [-0.15, -0.1) is 5.43 Å². The predicted octanol–water partition coefficient (Wildman–Crippen LogP) is 0.431. The van der Waals surface area contributed by atoms with Crippen LogP contribution < -0.4 is 10.3 Å². The molecule has 1 rings (SSSR count). The lowest BCUT2D eigenvalue weighted by Gasteiger charge is -2.15. The Morgan fingerprint density at radius 3 is 2.60 bits per heavy atom. The normalized spacial score (nSPS) is 9.40. The van der Waals surface area contributed by atoms with E-state index in [1.54, 1.807) is 31.3 Å². The van der Waals surface area contributed by atoms with Gasteiger partial charge in [-0.2, -0.15) is 0 Å². The minimum atomic E-state index is -0.739. The second-order valence-corrected chi connectivity index (χ2v) is 2.88. The van der Waals surface area contributed by atoms with Crippen molar-refractivity contribution in [1.82, 2.24) is 5.43 Å². The van der Waals surface area contributed by atoms with Crippen LogP contribution in [0.1, 0.15) is 0 Å². The Balaban J connectivity index is 2.57. The highest BCUT2D eigenvalue weighted by molar-refractivity contribution is 5.94. The third-order valence-electron chi connectivity index (χ3n) is 1.88. The van der Waals surface area contributed by atoms with Gasteiger partial charge in [-0.05, 0) is 12.1 Å². The van der Waals surface area contributed by atoms with Crippen LogP contribution in [0, 0.1) is 10.1 Å². The Labute approximate surface area is 86.6 Å². The number of benzene rings is 1. The maximum absolute atomic E-state index is 11.4. The van der Waals surface area contributed by atoms with Crippen LogP contribution in [0.4, 0.5) is 5.69 Å². The van der Waals surface area contributed by atoms with Crippen molar-refractivity contribution in [3.8, 4) is 0 Å². The predicted molar refractivity (Wildman–Crippen MR) is 54.8 cm³/mol. The van der Waals surface area contributed by atoms with Crippen LogP contribution in [0.3, 0.4) is 0 Å². The number of rotatable bonds is 4. The average Bonchev–Trinajstić information content (AvgIpc) is 2.26. The molecule has 0 saturated carbocycles. The molecule has 1 N–H and O–H groups in total. The molecular weight excluding hydrogens is 198 g/mol. The highest BCUT2D eigenvalue weighted by atomic mass is 16.7. The number of amides is 1.